The Balaban J connectivity index is 1.51. The van der Waals surface area contributed by atoms with E-state index >= 15 is 0 Å². The molecule has 1 atom stereocenters. The summed E-state index contributed by atoms with van der Waals surface area (Å²) in [6.07, 6.45) is 1.69. The number of pyridine rings is 1. The van der Waals surface area contributed by atoms with Crippen molar-refractivity contribution in [2.24, 2.45) is 16.9 Å². The molecule has 3 aromatic rings. The van der Waals surface area contributed by atoms with Gasteiger partial charge in [-0.05, 0) is 42.2 Å². The SMILES string of the molecule is NCC(=O)N1CCC(COC(=O)Nc2ccc(-c3ccccc3)cn2)(C(C(N)=O)c2ccccc2Cl)CC1. The zero-order valence-corrected chi connectivity index (χ0v) is 21.6. The summed E-state index contributed by atoms with van der Waals surface area (Å²) in [5.74, 6) is -1.28. The molecular formula is C28H30ClN5O4. The number of ether oxygens (including phenoxy) is 1. The highest BCUT2D eigenvalue weighted by atomic mass is 35.5. The van der Waals surface area contributed by atoms with E-state index in [-0.39, 0.29) is 19.1 Å². The van der Waals surface area contributed by atoms with Crippen LogP contribution in [0.5, 0.6) is 0 Å². The summed E-state index contributed by atoms with van der Waals surface area (Å²) in [6.45, 7) is 0.478. The van der Waals surface area contributed by atoms with Crippen LogP contribution in [0.15, 0.2) is 72.9 Å². The minimum atomic E-state index is -0.871. The number of primary amides is 1. The number of amides is 3. The Morgan fingerprint density at radius 2 is 1.68 bits per heavy atom. The number of aromatic nitrogens is 1. The normalized spacial score (nSPS) is 15.4. The van der Waals surface area contributed by atoms with Crippen molar-refractivity contribution in [1.29, 1.82) is 0 Å². The van der Waals surface area contributed by atoms with Gasteiger partial charge in [0.05, 0.1) is 12.5 Å². The molecule has 0 aliphatic carbocycles. The molecule has 1 aliphatic heterocycles. The second kappa shape index (κ2) is 12.1. The fourth-order valence-corrected chi connectivity index (χ4v) is 5.20. The quantitative estimate of drug-likeness (QED) is 0.401. The number of carbonyl (C=O) groups is 3. The summed E-state index contributed by atoms with van der Waals surface area (Å²) in [6, 6.07) is 20.3. The number of halogens is 1. The van der Waals surface area contributed by atoms with Gasteiger partial charge in [-0.3, -0.25) is 14.9 Å². The van der Waals surface area contributed by atoms with Gasteiger partial charge in [0, 0.05) is 35.3 Å². The van der Waals surface area contributed by atoms with Gasteiger partial charge in [0.15, 0.2) is 0 Å². The van der Waals surface area contributed by atoms with Gasteiger partial charge < -0.3 is 21.1 Å². The Hall–Kier alpha value is -3.95. The first-order valence-electron chi connectivity index (χ1n) is 12.3. The van der Waals surface area contributed by atoms with Crippen LogP contribution in [-0.4, -0.2) is 54.0 Å². The van der Waals surface area contributed by atoms with Gasteiger partial charge in [0.25, 0.3) is 0 Å². The van der Waals surface area contributed by atoms with Crippen molar-refractivity contribution >= 4 is 35.3 Å². The fourth-order valence-electron chi connectivity index (χ4n) is 4.96. The van der Waals surface area contributed by atoms with E-state index in [1.165, 1.54) is 0 Å². The summed E-state index contributed by atoms with van der Waals surface area (Å²) in [4.78, 5) is 43.7. The lowest BCUT2D eigenvalue weighted by Gasteiger charge is -2.45. The molecule has 3 amide bonds. The van der Waals surface area contributed by atoms with Crippen molar-refractivity contribution < 1.29 is 19.1 Å². The summed E-state index contributed by atoms with van der Waals surface area (Å²) in [5, 5.41) is 3.03. The first kappa shape index (κ1) is 27.1. The van der Waals surface area contributed by atoms with Crippen molar-refractivity contribution in [1.82, 2.24) is 9.88 Å². The highest BCUT2D eigenvalue weighted by Crippen LogP contribution is 2.46. The smallest absolute Gasteiger partial charge is 0.412 e. The predicted molar refractivity (Wildman–Crippen MR) is 145 cm³/mol. The van der Waals surface area contributed by atoms with Gasteiger partial charge in [0.1, 0.15) is 12.4 Å². The number of rotatable bonds is 8. The molecule has 9 nitrogen and oxygen atoms in total. The van der Waals surface area contributed by atoms with Crippen LogP contribution >= 0.6 is 11.6 Å². The predicted octanol–water partition coefficient (Wildman–Crippen LogP) is 3.79. The number of anilines is 1. The van der Waals surface area contributed by atoms with E-state index in [4.69, 9.17) is 27.8 Å². The van der Waals surface area contributed by atoms with Gasteiger partial charge in [-0.25, -0.2) is 9.78 Å². The number of carbonyl (C=O) groups excluding carboxylic acids is 3. The minimum Gasteiger partial charge on any atom is -0.449 e. The lowest BCUT2D eigenvalue weighted by molar-refractivity contribution is -0.134. The van der Waals surface area contributed by atoms with Gasteiger partial charge in [-0.1, -0.05) is 60.1 Å². The first-order chi connectivity index (χ1) is 18.3. The Morgan fingerprint density at radius 3 is 2.29 bits per heavy atom. The zero-order chi connectivity index (χ0) is 27.1. The highest BCUT2D eigenvalue weighted by molar-refractivity contribution is 6.31. The third-order valence-corrected chi connectivity index (χ3v) is 7.34. The number of hydrogen-bond acceptors (Lipinski definition) is 6. The van der Waals surface area contributed by atoms with Crippen molar-refractivity contribution in [2.75, 3.05) is 31.6 Å². The number of likely N-dealkylation sites (tertiary alicyclic amines) is 1. The summed E-state index contributed by atoms with van der Waals surface area (Å²) >= 11 is 6.46. The van der Waals surface area contributed by atoms with E-state index < -0.39 is 23.3 Å². The maximum atomic E-state index is 12.8. The van der Waals surface area contributed by atoms with Crippen LogP contribution in [0.2, 0.25) is 5.02 Å². The maximum absolute atomic E-state index is 12.8. The van der Waals surface area contributed by atoms with Crippen molar-refractivity contribution in [3.05, 3.63) is 83.5 Å². The molecule has 0 bridgehead atoms. The minimum absolute atomic E-state index is 0.105. The van der Waals surface area contributed by atoms with Crippen LogP contribution in [0.1, 0.15) is 24.3 Å². The average molecular weight is 536 g/mol. The van der Waals surface area contributed by atoms with Crippen LogP contribution < -0.4 is 16.8 Å². The number of benzene rings is 2. The van der Waals surface area contributed by atoms with Gasteiger partial charge >= 0.3 is 6.09 Å². The molecule has 1 fully saturated rings. The molecule has 2 aromatic carbocycles. The van der Waals surface area contributed by atoms with Gasteiger partial charge in [-0.15, -0.1) is 0 Å². The zero-order valence-electron chi connectivity index (χ0n) is 20.8. The summed E-state index contributed by atoms with van der Waals surface area (Å²) < 4.78 is 5.65. The molecule has 1 unspecified atom stereocenters. The molecule has 0 radical (unpaired) electrons. The average Bonchev–Trinajstić information content (AvgIpc) is 2.94. The molecule has 1 saturated heterocycles. The molecule has 5 N–H and O–H groups in total. The second-order valence-corrected chi connectivity index (χ2v) is 9.71. The molecule has 10 heteroatoms. The van der Waals surface area contributed by atoms with E-state index in [9.17, 15) is 14.4 Å². The van der Waals surface area contributed by atoms with E-state index in [1.54, 1.807) is 41.4 Å². The molecule has 0 spiro atoms. The third-order valence-electron chi connectivity index (χ3n) is 6.99. The number of nitrogens with zero attached hydrogens (tertiary/aromatic N) is 2. The van der Waals surface area contributed by atoms with Crippen molar-refractivity contribution in [2.45, 2.75) is 18.8 Å². The monoisotopic (exact) mass is 535 g/mol. The van der Waals surface area contributed by atoms with Gasteiger partial charge in [0.2, 0.25) is 11.8 Å². The fraction of sp³-hybridized carbons (Fsp3) is 0.286. The number of hydrogen-bond donors (Lipinski definition) is 3. The van der Waals surface area contributed by atoms with Crippen molar-refractivity contribution in [3.63, 3.8) is 0 Å². The van der Waals surface area contributed by atoms with E-state index in [2.05, 4.69) is 10.3 Å². The van der Waals surface area contributed by atoms with Crippen LogP contribution in [0.3, 0.4) is 0 Å². The molecule has 0 saturated carbocycles. The maximum Gasteiger partial charge on any atom is 0.412 e. The molecular weight excluding hydrogens is 506 g/mol. The van der Waals surface area contributed by atoms with Crippen LogP contribution in [0, 0.1) is 5.41 Å². The van der Waals surface area contributed by atoms with Crippen LogP contribution in [0.25, 0.3) is 11.1 Å². The molecule has 2 heterocycles. The summed E-state index contributed by atoms with van der Waals surface area (Å²) in [5.41, 5.74) is 13.0. The first-order valence-corrected chi connectivity index (χ1v) is 12.7. The van der Waals surface area contributed by atoms with Crippen molar-refractivity contribution in [3.8, 4) is 11.1 Å². The Morgan fingerprint density at radius 1 is 1.00 bits per heavy atom. The van der Waals surface area contributed by atoms with E-state index in [1.807, 2.05) is 36.4 Å². The molecule has 38 heavy (non-hydrogen) atoms. The number of nitrogens with two attached hydrogens (primary N) is 2. The largest absolute Gasteiger partial charge is 0.449 e. The second-order valence-electron chi connectivity index (χ2n) is 9.30. The number of piperidine rings is 1. The van der Waals surface area contributed by atoms with E-state index in [0.717, 1.165) is 11.1 Å². The van der Waals surface area contributed by atoms with Crippen LogP contribution in [0.4, 0.5) is 10.6 Å². The Bertz CT molecular complexity index is 1280. The summed E-state index contributed by atoms with van der Waals surface area (Å²) in [7, 11) is 0. The Labute approximate surface area is 226 Å². The van der Waals surface area contributed by atoms with E-state index in [0.29, 0.717) is 42.3 Å². The molecule has 4 rings (SSSR count). The Kier molecular flexibility index (Phi) is 8.60. The standard InChI is InChI=1S/C28H30ClN5O4/c29-22-9-5-4-8-21(22)25(26(31)36)28(12-14-34(15-13-28)24(35)16-30)18-38-27(37)33-23-11-10-20(17-32-23)19-6-2-1-3-7-19/h1-11,17,25H,12-16,18,30H2,(H2,31,36)(H,32,33,37). The topological polar surface area (TPSA) is 141 Å². The highest BCUT2D eigenvalue weighted by Gasteiger charge is 2.47. The van der Waals surface area contributed by atoms with Gasteiger partial charge in [-0.2, -0.15) is 0 Å². The number of nitrogens with one attached hydrogen (secondary N) is 1. The molecule has 1 aliphatic rings. The molecule has 198 valence electrons. The molecule has 1 aromatic heterocycles. The lowest BCUT2D eigenvalue weighted by Crippen LogP contribution is -2.51. The van der Waals surface area contributed by atoms with Crippen LogP contribution in [-0.2, 0) is 14.3 Å². The third kappa shape index (κ3) is 6.12. The lowest BCUT2D eigenvalue weighted by atomic mass is 9.66.